The van der Waals surface area contributed by atoms with E-state index < -0.39 is 0 Å². The number of hydrogen-bond acceptors (Lipinski definition) is 5. The van der Waals surface area contributed by atoms with E-state index in [-0.39, 0.29) is 5.91 Å². The van der Waals surface area contributed by atoms with Crippen molar-refractivity contribution in [1.82, 2.24) is 10.3 Å². The number of nitrogens with one attached hydrogen (secondary N) is 1. The van der Waals surface area contributed by atoms with Crippen LogP contribution in [0.15, 0.2) is 53.7 Å². The number of ether oxygens (including phenoxy) is 2. The second-order valence-corrected chi connectivity index (χ2v) is 5.87. The van der Waals surface area contributed by atoms with E-state index in [1.165, 1.54) is 6.08 Å². The number of carbonyl (C=O) groups is 1. The molecule has 0 saturated carbocycles. The highest BCUT2D eigenvalue weighted by Crippen LogP contribution is 2.27. The van der Waals surface area contributed by atoms with Crippen LogP contribution in [0.3, 0.4) is 0 Å². The van der Waals surface area contributed by atoms with Crippen LogP contribution in [-0.4, -0.2) is 37.4 Å². The van der Waals surface area contributed by atoms with Crippen molar-refractivity contribution in [1.29, 1.82) is 0 Å². The summed E-state index contributed by atoms with van der Waals surface area (Å²) in [4.78, 5) is 16.0. The molecule has 0 bridgehead atoms. The third kappa shape index (κ3) is 5.62. The molecule has 1 N–H and O–H groups in total. The van der Waals surface area contributed by atoms with E-state index in [2.05, 4.69) is 10.3 Å². The van der Waals surface area contributed by atoms with Gasteiger partial charge in [-0.2, -0.15) is 0 Å². The Morgan fingerprint density at radius 3 is 2.75 bits per heavy atom. The van der Waals surface area contributed by atoms with E-state index in [0.717, 1.165) is 16.3 Å². The van der Waals surface area contributed by atoms with Gasteiger partial charge >= 0.3 is 0 Å². The first-order chi connectivity index (χ1) is 11.7. The maximum atomic E-state index is 11.8. The van der Waals surface area contributed by atoms with Gasteiger partial charge in [-0.15, -0.1) is 11.8 Å². The first-order valence-electron chi connectivity index (χ1n) is 7.44. The van der Waals surface area contributed by atoms with Crippen molar-refractivity contribution in [2.24, 2.45) is 0 Å². The van der Waals surface area contributed by atoms with E-state index >= 15 is 0 Å². The highest BCUT2D eigenvalue weighted by Gasteiger charge is 2.03. The molecule has 0 aliphatic heterocycles. The van der Waals surface area contributed by atoms with Gasteiger partial charge in [-0.3, -0.25) is 4.79 Å². The van der Waals surface area contributed by atoms with Gasteiger partial charge in [0.2, 0.25) is 5.91 Å². The first-order valence-corrected chi connectivity index (χ1v) is 8.43. The lowest BCUT2D eigenvalue weighted by Crippen LogP contribution is -2.23. The molecule has 126 valence electrons. The molecule has 0 radical (unpaired) electrons. The Kier molecular flexibility index (Phi) is 7.17. The maximum Gasteiger partial charge on any atom is 0.244 e. The fraction of sp³-hybridized carbons (Fsp3) is 0.222. The highest BCUT2D eigenvalue weighted by atomic mass is 32.2. The van der Waals surface area contributed by atoms with Gasteiger partial charge in [0.05, 0.1) is 19.2 Å². The van der Waals surface area contributed by atoms with Crippen molar-refractivity contribution in [3.63, 3.8) is 0 Å². The fourth-order valence-electron chi connectivity index (χ4n) is 1.95. The standard InChI is InChI=1S/C18H20N2O3S/c1-22-15-8-6-14(13-16(15)23-2)7-9-17(21)19-11-12-24-18-5-3-4-10-20-18/h3-10,13H,11-12H2,1-2H3,(H,19,21)/b9-7-. The topological polar surface area (TPSA) is 60.5 Å². The summed E-state index contributed by atoms with van der Waals surface area (Å²) >= 11 is 1.61. The molecule has 5 nitrogen and oxygen atoms in total. The summed E-state index contributed by atoms with van der Waals surface area (Å²) in [5.74, 6) is 1.93. The highest BCUT2D eigenvalue weighted by molar-refractivity contribution is 7.99. The van der Waals surface area contributed by atoms with Crippen LogP contribution in [0.1, 0.15) is 5.56 Å². The lowest BCUT2D eigenvalue weighted by atomic mass is 10.2. The van der Waals surface area contributed by atoms with Crippen molar-refractivity contribution in [2.75, 3.05) is 26.5 Å². The minimum atomic E-state index is -0.133. The average Bonchev–Trinajstić information content (AvgIpc) is 2.64. The smallest absolute Gasteiger partial charge is 0.244 e. The van der Waals surface area contributed by atoms with E-state index in [9.17, 15) is 4.79 Å². The van der Waals surface area contributed by atoms with E-state index in [1.807, 2.05) is 30.3 Å². The van der Waals surface area contributed by atoms with Gasteiger partial charge in [-0.25, -0.2) is 4.98 Å². The maximum absolute atomic E-state index is 11.8. The summed E-state index contributed by atoms with van der Waals surface area (Å²) in [6.07, 6.45) is 5.00. The quantitative estimate of drug-likeness (QED) is 0.453. The number of aromatic nitrogens is 1. The third-order valence-corrected chi connectivity index (χ3v) is 4.07. The number of pyridine rings is 1. The lowest BCUT2D eigenvalue weighted by molar-refractivity contribution is -0.116. The summed E-state index contributed by atoms with van der Waals surface area (Å²) in [6, 6.07) is 11.3. The first kappa shape index (κ1) is 17.9. The molecule has 1 heterocycles. The van der Waals surface area contributed by atoms with Gasteiger partial charge in [-0.05, 0) is 35.9 Å². The molecule has 0 unspecified atom stereocenters. The molecule has 0 fully saturated rings. The molecule has 0 aliphatic rings. The van der Waals surface area contributed by atoms with Crippen LogP contribution in [0.5, 0.6) is 11.5 Å². The number of hydrogen-bond donors (Lipinski definition) is 1. The zero-order chi connectivity index (χ0) is 17.2. The van der Waals surface area contributed by atoms with Crippen LogP contribution in [0.4, 0.5) is 0 Å². The molecular formula is C18H20N2O3S. The zero-order valence-electron chi connectivity index (χ0n) is 13.7. The molecule has 1 aromatic heterocycles. The average molecular weight is 344 g/mol. The lowest BCUT2D eigenvalue weighted by Gasteiger charge is -2.07. The van der Waals surface area contributed by atoms with Crippen LogP contribution < -0.4 is 14.8 Å². The fourth-order valence-corrected chi connectivity index (χ4v) is 2.67. The van der Waals surface area contributed by atoms with Gasteiger partial charge in [0.15, 0.2) is 11.5 Å². The summed E-state index contributed by atoms with van der Waals surface area (Å²) in [5.41, 5.74) is 0.866. The Bertz CT molecular complexity index is 690. The van der Waals surface area contributed by atoms with Gasteiger partial charge in [-0.1, -0.05) is 12.1 Å². The van der Waals surface area contributed by atoms with Gasteiger partial charge < -0.3 is 14.8 Å². The minimum Gasteiger partial charge on any atom is -0.493 e. The molecule has 2 rings (SSSR count). The summed E-state index contributed by atoms with van der Waals surface area (Å²) in [5, 5.41) is 3.80. The molecule has 0 atom stereocenters. The predicted octanol–water partition coefficient (Wildman–Crippen LogP) is 3.02. The summed E-state index contributed by atoms with van der Waals surface area (Å²) in [6.45, 7) is 0.580. The summed E-state index contributed by atoms with van der Waals surface area (Å²) < 4.78 is 10.4. The molecule has 2 aromatic rings. The molecule has 0 saturated heterocycles. The van der Waals surface area contributed by atoms with E-state index in [0.29, 0.717) is 18.0 Å². The SMILES string of the molecule is COc1ccc(/C=C\C(=O)NCCSc2ccccn2)cc1OC. The molecule has 6 heteroatoms. The van der Waals surface area contributed by atoms with E-state index in [4.69, 9.17) is 9.47 Å². The number of thioether (sulfide) groups is 1. The van der Waals surface area contributed by atoms with Gasteiger partial charge in [0.1, 0.15) is 0 Å². The van der Waals surface area contributed by atoms with Crippen LogP contribution >= 0.6 is 11.8 Å². The molecule has 0 aliphatic carbocycles. The van der Waals surface area contributed by atoms with Crippen molar-refractivity contribution < 1.29 is 14.3 Å². The van der Waals surface area contributed by atoms with E-state index in [1.54, 1.807) is 44.3 Å². The van der Waals surface area contributed by atoms with Gasteiger partial charge in [0, 0.05) is 24.6 Å². The van der Waals surface area contributed by atoms with Crippen LogP contribution in [0.2, 0.25) is 0 Å². The van der Waals surface area contributed by atoms with Crippen molar-refractivity contribution in [3.05, 3.63) is 54.2 Å². The number of methoxy groups -OCH3 is 2. The zero-order valence-corrected chi connectivity index (χ0v) is 14.5. The van der Waals surface area contributed by atoms with Crippen molar-refractivity contribution >= 4 is 23.7 Å². The number of carbonyl (C=O) groups excluding carboxylic acids is 1. The van der Waals surface area contributed by atoms with Crippen LogP contribution in [0, 0.1) is 0 Å². The number of amides is 1. The van der Waals surface area contributed by atoms with Crippen molar-refractivity contribution in [3.8, 4) is 11.5 Å². The third-order valence-electron chi connectivity index (χ3n) is 3.12. The normalized spacial score (nSPS) is 10.6. The molecule has 1 aromatic carbocycles. The second kappa shape index (κ2) is 9.62. The monoisotopic (exact) mass is 344 g/mol. The Labute approximate surface area is 146 Å². The number of benzene rings is 1. The molecule has 1 amide bonds. The van der Waals surface area contributed by atoms with Crippen LogP contribution in [-0.2, 0) is 4.79 Å². The Hall–Kier alpha value is -2.47. The number of nitrogens with zero attached hydrogens (tertiary/aromatic N) is 1. The number of rotatable bonds is 8. The molecule has 24 heavy (non-hydrogen) atoms. The predicted molar refractivity (Wildman–Crippen MR) is 96.6 cm³/mol. The van der Waals surface area contributed by atoms with Crippen molar-refractivity contribution in [2.45, 2.75) is 5.03 Å². The second-order valence-electron chi connectivity index (χ2n) is 4.76. The summed E-state index contributed by atoms with van der Waals surface area (Å²) in [7, 11) is 3.17. The van der Waals surface area contributed by atoms with Gasteiger partial charge in [0.25, 0.3) is 0 Å². The molecule has 0 spiro atoms. The van der Waals surface area contributed by atoms with Crippen LogP contribution in [0.25, 0.3) is 6.08 Å². The minimum absolute atomic E-state index is 0.133. The molecular weight excluding hydrogens is 324 g/mol. The largest absolute Gasteiger partial charge is 0.493 e. The Morgan fingerprint density at radius 2 is 2.04 bits per heavy atom. The Morgan fingerprint density at radius 1 is 1.21 bits per heavy atom. The Balaban J connectivity index is 1.78.